The third-order valence-electron chi connectivity index (χ3n) is 1.66. The van der Waals surface area contributed by atoms with Crippen LogP contribution < -0.4 is 15.8 Å². The van der Waals surface area contributed by atoms with Crippen molar-refractivity contribution in [2.45, 2.75) is 6.54 Å². The summed E-state index contributed by atoms with van der Waals surface area (Å²) in [5.41, 5.74) is 6.17. The van der Waals surface area contributed by atoms with Gasteiger partial charge in [-0.05, 0) is 12.1 Å². The third-order valence-corrected chi connectivity index (χ3v) is 1.66. The Labute approximate surface area is 82.3 Å². The molecular formula is C9H13N3O2. The number of nitrogens with one attached hydrogen (secondary N) is 1. The summed E-state index contributed by atoms with van der Waals surface area (Å²) in [6.07, 6.45) is 1.55. The van der Waals surface area contributed by atoms with Crippen LogP contribution in [-0.4, -0.2) is 24.5 Å². The summed E-state index contributed by atoms with van der Waals surface area (Å²) in [4.78, 5) is 14.9. The summed E-state index contributed by atoms with van der Waals surface area (Å²) in [6, 6.07) is 3.50. The molecule has 5 nitrogen and oxygen atoms in total. The van der Waals surface area contributed by atoms with Gasteiger partial charge in [-0.3, -0.25) is 9.78 Å². The Morgan fingerprint density at radius 1 is 1.64 bits per heavy atom. The normalized spacial score (nSPS) is 9.57. The lowest BCUT2D eigenvalue weighted by Crippen LogP contribution is -2.24. The Hall–Kier alpha value is -1.62. The molecule has 76 valence electrons. The predicted octanol–water partition coefficient (Wildman–Crippen LogP) is -0.335. The molecule has 5 heteroatoms. The van der Waals surface area contributed by atoms with Crippen LogP contribution in [0.2, 0.25) is 0 Å². The van der Waals surface area contributed by atoms with Gasteiger partial charge in [-0.25, -0.2) is 0 Å². The standard InChI is InChI=1S/C9H13N3O2/c1-11-9(13)6-14-8-3-2-7(4-10)12-5-8/h2-3,5H,4,6,10H2,1H3,(H,11,13). The lowest BCUT2D eigenvalue weighted by molar-refractivity contribution is -0.122. The number of hydrogen-bond acceptors (Lipinski definition) is 4. The van der Waals surface area contributed by atoms with Crippen molar-refractivity contribution in [1.82, 2.24) is 10.3 Å². The smallest absolute Gasteiger partial charge is 0.257 e. The van der Waals surface area contributed by atoms with Crippen molar-refractivity contribution >= 4 is 5.91 Å². The molecule has 0 aliphatic carbocycles. The van der Waals surface area contributed by atoms with E-state index in [2.05, 4.69) is 10.3 Å². The Bertz CT molecular complexity index is 297. The summed E-state index contributed by atoms with van der Waals surface area (Å²) < 4.78 is 5.14. The number of aromatic nitrogens is 1. The molecule has 0 unspecified atom stereocenters. The second-order valence-electron chi connectivity index (χ2n) is 2.65. The Morgan fingerprint density at radius 2 is 2.43 bits per heavy atom. The van der Waals surface area contributed by atoms with Gasteiger partial charge in [0, 0.05) is 13.6 Å². The van der Waals surface area contributed by atoms with Crippen molar-refractivity contribution in [1.29, 1.82) is 0 Å². The SMILES string of the molecule is CNC(=O)COc1ccc(CN)nc1. The summed E-state index contributed by atoms with van der Waals surface area (Å²) in [7, 11) is 1.56. The quantitative estimate of drug-likeness (QED) is 0.689. The van der Waals surface area contributed by atoms with Crippen molar-refractivity contribution in [2.24, 2.45) is 5.73 Å². The van der Waals surface area contributed by atoms with Crippen LogP contribution in [0.25, 0.3) is 0 Å². The molecule has 0 aliphatic heterocycles. The van der Waals surface area contributed by atoms with E-state index >= 15 is 0 Å². The highest BCUT2D eigenvalue weighted by Crippen LogP contribution is 2.08. The molecule has 1 amide bonds. The summed E-state index contributed by atoms with van der Waals surface area (Å²) in [5, 5.41) is 2.45. The maximum atomic E-state index is 10.8. The first kappa shape index (κ1) is 10.5. The first-order chi connectivity index (χ1) is 6.76. The van der Waals surface area contributed by atoms with Crippen LogP contribution in [0.3, 0.4) is 0 Å². The van der Waals surface area contributed by atoms with Gasteiger partial charge >= 0.3 is 0 Å². The second kappa shape index (κ2) is 5.18. The molecule has 0 saturated heterocycles. The fraction of sp³-hybridized carbons (Fsp3) is 0.333. The molecule has 14 heavy (non-hydrogen) atoms. The molecule has 1 aromatic heterocycles. The zero-order valence-electron chi connectivity index (χ0n) is 7.99. The van der Waals surface area contributed by atoms with Crippen LogP contribution in [0.4, 0.5) is 0 Å². The fourth-order valence-electron chi connectivity index (χ4n) is 0.838. The third kappa shape index (κ3) is 3.02. The second-order valence-corrected chi connectivity index (χ2v) is 2.65. The van der Waals surface area contributed by atoms with E-state index in [1.165, 1.54) is 0 Å². The minimum atomic E-state index is -0.173. The largest absolute Gasteiger partial charge is 0.482 e. The highest BCUT2D eigenvalue weighted by Gasteiger charge is 1.99. The molecule has 3 N–H and O–H groups in total. The molecule has 1 rings (SSSR count). The number of likely N-dealkylation sites (N-methyl/N-ethyl adjacent to an activating group) is 1. The topological polar surface area (TPSA) is 77.2 Å². The molecule has 1 aromatic rings. The summed E-state index contributed by atoms with van der Waals surface area (Å²) >= 11 is 0. The van der Waals surface area contributed by atoms with Gasteiger partial charge in [0.05, 0.1) is 11.9 Å². The molecule has 0 aromatic carbocycles. The maximum Gasteiger partial charge on any atom is 0.257 e. The first-order valence-corrected chi connectivity index (χ1v) is 4.24. The van der Waals surface area contributed by atoms with Crippen molar-refractivity contribution in [2.75, 3.05) is 13.7 Å². The minimum absolute atomic E-state index is 0.000150. The van der Waals surface area contributed by atoms with Crippen LogP contribution >= 0.6 is 0 Å². The molecule has 0 bridgehead atoms. The highest BCUT2D eigenvalue weighted by molar-refractivity contribution is 5.77. The van der Waals surface area contributed by atoms with Gasteiger partial charge in [0.25, 0.3) is 5.91 Å². The average molecular weight is 195 g/mol. The van der Waals surface area contributed by atoms with Crippen molar-refractivity contribution in [3.63, 3.8) is 0 Å². The maximum absolute atomic E-state index is 10.8. The van der Waals surface area contributed by atoms with Gasteiger partial charge < -0.3 is 15.8 Å². The Morgan fingerprint density at radius 3 is 2.93 bits per heavy atom. The Kier molecular flexibility index (Phi) is 3.87. The molecule has 0 saturated carbocycles. The van der Waals surface area contributed by atoms with Crippen molar-refractivity contribution in [3.8, 4) is 5.75 Å². The van der Waals surface area contributed by atoms with E-state index in [1.54, 1.807) is 25.4 Å². The number of nitrogens with zero attached hydrogens (tertiary/aromatic N) is 1. The Balaban J connectivity index is 2.47. The van der Waals surface area contributed by atoms with E-state index in [0.29, 0.717) is 12.3 Å². The predicted molar refractivity (Wildman–Crippen MR) is 51.7 cm³/mol. The minimum Gasteiger partial charge on any atom is -0.482 e. The van der Waals surface area contributed by atoms with Crippen LogP contribution in [0, 0.1) is 0 Å². The zero-order chi connectivity index (χ0) is 10.4. The van der Waals surface area contributed by atoms with Crippen LogP contribution in [-0.2, 0) is 11.3 Å². The van der Waals surface area contributed by atoms with Gasteiger partial charge in [0.2, 0.25) is 0 Å². The van der Waals surface area contributed by atoms with Gasteiger partial charge in [-0.2, -0.15) is 0 Å². The lowest BCUT2D eigenvalue weighted by Gasteiger charge is -2.04. The van der Waals surface area contributed by atoms with Crippen LogP contribution in [0.1, 0.15) is 5.69 Å². The number of carbonyl (C=O) groups is 1. The van der Waals surface area contributed by atoms with E-state index in [4.69, 9.17) is 10.5 Å². The molecular weight excluding hydrogens is 182 g/mol. The first-order valence-electron chi connectivity index (χ1n) is 4.24. The number of nitrogens with two attached hydrogens (primary N) is 1. The number of amides is 1. The van der Waals surface area contributed by atoms with Crippen molar-refractivity contribution < 1.29 is 9.53 Å². The number of rotatable bonds is 4. The fourth-order valence-corrected chi connectivity index (χ4v) is 0.838. The number of pyridine rings is 1. The molecule has 0 atom stereocenters. The highest BCUT2D eigenvalue weighted by atomic mass is 16.5. The lowest BCUT2D eigenvalue weighted by atomic mass is 10.3. The summed E-state index contributed by atoms with van der Waals surface area (Å²) in [5.74, 6) is 0.388. The number of carbonyl (C=O) groups excluding carboxylic acids is 1. The monoisotopic (exact) mass is 195 g/mol. The zero-order valence-corrected chi connectivity index (χ0v) is 7.99. The molecule has 1 heterocycles. The summed E-state index contributed by atoms with van der Waals surface area (Å²) in [6.45, 7) is 0.399. The van der Waals surface area contributed by atoms with E-state index in [1.807, 2.05) is 0 Å². The molecule has 0 fully saturated rings. The van der Waals surface area contributed by atoms with Crippen molar-refractivity contribution in [3.05, 3.63) is 24.0 Å². The molecule has 0 spiro atoms. The van der Waals surface area contributed by atoms with Crippen LogP contribution in [0.15, 0.2) is 18.3 Å². The van der Waals surface area contributed by atoms with E-state index in [9.17, 15) is 4.79 Å². The van der Waals surface area contributed by atoms with E-state index in [0.717, 1.165) is 5.69 Å². The number of hydrogen-bond donors (Lipinski definition) is 2. The molecule has 0 radical (unpaired) electrons. The van der Waals surface area contributed by atoms with Crippen LogP contribution in [0.5, 0.6) is 5.75 Å². The van der Waals surface area contributed by atoms with Gasteiger partial charge in [0.1, 0.15) is 5.75 Å². The molecule has 0 aliphatic rings. The van der Waals surface area contributed by atoms with E-state index < -0.39 is 0 Å². The van der Waals surface area contributed by atoms with Gasteiger partial charge in [0.15, 0.2) is 6.61 Å². The van der Waals surface area contributed by atoms with Gasteiger partial charge in [-0.1, -0.05) is 0 Å². The van der Waals surface area contributed by atoms with E-state index in [-0.39, 0.29) is 12.5 Å². The average Bonchev–Trinajstić information content (AvgIpc) is 2.26. The number of ether oxygens (including phenoxy) is 1. The van der Waals surface area contributed by atoms with Gasteiger partial charge in [-0.15, -0.1) is 0 Å².